The van der Waals surface area contributed by atoms with E-state index < -0.39 is 12.0 Å². The number of carboxylic acids is 1. The summed E-state index contributed by atoms with van der Waals surface area (Å²) in [6, 6.07) is 18.0. The van der Waals surface area contributed by atoms with Gasteiger partial charge in [0.05, 0.1) is 11.5 Å². The number of benzene rings is 2. The molecule has 2 N–H and O–H groups in total. The smallest absolute Gasteiger partial charge is 0.326 e. The Morgan fingerprint density at radius 3 is 2.17 bits per heavy atom. The van der Waals surface area contributed by atoms with Gasteiger partial charge in [0.15, 0.2) is 5.82 Å². The van der Waals surface area contributed by atoms with Crippen LogP contribution in [0.4, 0.5) is 0 Å². The summed E-state index contributed by atoms with van der Waals surface area (Å²) in [5, 5.41) is 12.3. The van der Waals surface area contributed by atoms with Gasteiger partial charge in [0.25, 0.3) is 5.91 Å². The molecule has 41 heavy (non-hydrogen) atoms. The number of nitrogens with zero attached hydrogens (tertiary/aromatic N) is 2. The van der Waals surface area contributed by atoms with Crippen LogP contribution in [-0.2, 0) is 17.6 Å². The third-order valence-electron chi connectivity index (χ3n) is 6.85. The average Bonchev–Trinajstić information content (AvgIpc) is 3.49. The zero-order valence-electron chi connectivity index (χ0n) is 23.6. The zero-order chi connectivity index (χ0) is 29.0. The molecule has 2 aromatic heterocycles. The number of hydrogen-bond acceptors (Lipinski definition) is 6. The average molecular weight is 572 g/mol. The molecule has 0 aliphatic rings. The number of rotatable bonds is 15. The van der Waals surface area contributed by atoms with Gasteiger partial charge >= 0.3 is 5.97 Å². The van der Waals surface area contributed by atoms with Crippen molar-refractivity contribution in [3.63, 3.8) is 0 Å². The van der Waals surface area contributed by atoms with Gasteiger partial charge in [-0.05, 0) is 48.2 Å². The van der Waals surface area contributed by atoms with Crippen LogP contribution >= 0.6 is 11.3 Å². The van der Waals surface area contributed by atoms with Crippen molar-refractivity contribution >= 4 is 23.2 Å². The van der Waals surface area contributed by atoms with E-state index in [9.17, 15) is 14.7 Å². The molecule has 0 saturated heterocycles. The number of hydrogen-bond donors (Lipinski definition) is 2. The van der Waals surface area contributed by atoms with Crippen LogP contribution in [0.1, 0.15) is 66.1 Å². The van der Waals surface area contributed by atoms with Crippen LogP contribution in [0.3, 0.4) is 0 Å². The van der Waals surface area contributed by atoms with Gasteiger partial charge in [-0.15, -0.1) is 11.3 Å². The van der Waals surface area contributed by atoms with Crippen molar-refractivity contribution in [3.05, 3.63) is 88.4 Å². The van der Waals surface area contributed by atoms with Crippen molar-refractivity contribution < 1.29 is 19.4 Å². The molecule has 0 fully saturated rings. The summed E-state index contributed by atoms with van der Waals surface area (Å²) in [5.41, 5.74) is 3.54. The molecule has 2 aromatic carbocycles. The van der Waals surface area contributed by atoms with E-state index in [1.807, 2.05) is 61.5 Å². The highest BCUT2D eigenvalue weighted by Crippen LogP contribution is 2.24. The molecule has 1 amide bonds. The van der Waals surface area contributed by atoms with Gasteiger partial charge < -0.3 is 15.2 Å². The Labute approximate surface area is 245 Å². The summed E-state index contributed by atoms with van der Waals surface area (Å²) >= 11 is 1.38. The molecule has 2 heterocycles. The Bertz CT molecular complexity index is 1400. The lowest BCUT2D eigenvalue weighted by Crippen LogP contribution is -2.42. The highest BCUT2D eigenvalue weighted by molar-refractivity contribution is 7.14. The molecular weight excluding hydrogens is 534 g/mol. The summed E-state index contributed by atoms with van der Waals surface area (Å²) < 4.78 is 5.86. The van der Waals surface area contributed by atoms with E-state index in [1.165, 1.54) is 37.0 Å². The minimum absolute atomic E-state index is 0.172. The summed E-state index contributed by atoms with van der Waals surface area (Å²) in [6.45, 7) is 4.97. The van der Waals surface area contributed by atoms with Crippen molar-refractivity contribution in [2.75, 3.05) is 6.61 Å². The van der Waals surface area contributed by atoms with Gasteiger partial charge in [-0.1, -0.05) is 75.9 Å². The maximum Gasteiger partial charge on any atom is 0.326 e. The van der Waals surface area contributed by atoms with Crippen LogP contribution in [0.2, 0.25) is 0 Å². The largest absolute Gasteiger partial charge is 0.494 e. The lowest BCUT2D eigenvalue weighted by Gasteiger charge is -2.14. The number of thiophene rings is 1. The fraction of sp³-hybridized carbons (Fsp3) is 0.333. The predicted octanol–water partition coefficient (Wildman–Crippen LogP) is 7.21. The third kappa shape index (κ3) is 8.72. The van der Waals surface area contributed by atoms with E-state index in [1.54, 1.807) is 18.5 Å². The topological polar surface area (TPSA) is 101 Å². The minimum atomic E-state index is -1.07. The molecule has 0 saturated carbocycles. The molecule has 1 unspecified atom stereocenters. The van der Waals surface area contributed by atoms with Crippen LogP contribution in [0.15, 0.2) is 73.1 Å². The molecule has 214 valence electrons. The molecule has 0 aliphatic carbocycles. The molecule has 0 spiro atoms. The van der Waals surface area contributed by atoms with Gasteiger partial charge in [0, 0.05) is 34.8 Å². The Kier molecular flexibility index (Phi) is 11.0. The fourth-order valence-corrected chi connectivity index (χ4v) is 5.26. The molecule has 0 bridgehead atoms. The number of carboxylic acid groups (broad SMARTS) is 1. The van der Waals surface area contributed by atoms with Crippen molar-refractivity contribution in [2.45, 2.75) is 64.8 Å². The fourth-order valence-electron chi connectivity index (χ4n) is 4.41. The molecule has 7 nitrogen and oxygen atoms in total. The van der Waals surface area contributed by atoms with Gasteiger partial charge in [-0.25, -0.2) is 14.8 Å². The van der Waals surface area contributed by atoms with E-state index in [-0.39, 0.29) is 12.3 Å². The number of carbonyl (C=O) groups is 2. The first kappa shape index (κ1) is 29.9. The minimum Gasteiger partial charge on any atom is -0.494 e. The van der Waals surface area contributed by atoms with Crippen molar-refractivity contribution in [3.8, 4) is 28.3 Å². The Balaban J connectivity index is 1.32. The van der Waals surface area contributed by atoms with Crippen LogP contribution in [0, 0.1) is 0 Å². The van der Waals surface area contributed by atoms with Crippen LogP contribution in [0.25, 0.3) is 22.5 Å². The van der Waals surface area contributed by atoms with E-state index in [4.69, 9.17) is 4.74 Å². The Hall–Kier alpha value is -4.04. The van der Waals surface area contributed by atoms with Crippen LogP contribution in [0.5, 0.6) is 5.75 Å². The molecule has 0 aliphatic heterocycles. The first-order valence-electron chi connectivity index (χ1n) is 14.2. The first-order valence-corrected chi connectivity index (χ1v) is 15.1. The van der Waals surface area contributed by atoms with Gasteiger partial charge in [-0.3, -0.25) is 4.79 Å². The lowest BCUT2D eigenvalue weighted by atomic mass is 10.0. The second-order valence-corrected chi connectivity index (χ2v) is 11.1. The number of aromatic nitrogens is 2. The van der Waals surface area contributed by atoms with Crippen molar-refractivity contribution in [1.29, 1.82) is 0 Å². The second-order valence-electron chi connectivity index (χ2n) is 9.97. The number of nitrogens with one attached hydrogen (secondary N) is 1. The predicted molar refractivity (Wildman–Crippen MR) is 163 cm³/mol. The summed E-state index contributed by atoms with van der Waals surface area (Å²) in [5.74, 6) is 0.00219. The number of aryl methyl sites for hydroxylation is 1. The SMILES string of the molecule is CCCCCCCOc1ccc(-c2cnc(-c3ccc(CC(NC(=O)c4ccc(CC)s4)C(=O)O)cc3)nc2)cc1. The maximum absolute atomic E-state index is 12.6. The zero-order valence-corrected chi connectivity index (χ0v) is 24.5. The van der Waals surface area contributed by atoms with Crippen LogP contribution in [-0.4, -0.2) is 39.6 Å². The molecule has 8 heteroatoms. The quantitative estimate of drug-likeness (QED) is 0.146. The van der Waals surface area contributed by atoms with E-state index in [0.717, 1.165) is 52.3 Å². The van der Waals surface area contributed by atoms with Gasteiger partial charge in [0.1, 0.15) is 11.8 Å². The molecule has 0 radical (unpaired) electrons. The highest BCUT2D eigenvalue weighted by atomic mass is 32.1. The van der Waals surface area contributed by atoms with Gasteiger partial charge in [0.2, 0.25) is 0 Å². The normalized spacial score (nSPS) is 11.7. The maximum atomic E-state index is 12.6. The van der Waals surface area contributed by atoms with Crippen molar-refractivity contribution in [1.82, 2.24) is 15.3 Å². The molecule has 4 rings (SSSR count). The van der Waals surface area contributed by atoms with E-state index in [2.05, 4.69) is 22.2 Å². The first-order chi connectivity index (χ1) is 20.0. The van der Waals surface area contributed by atoms with E-state index >= 15 is 0 Å². The Morgan fingerprint density at radius 2 is 1.54 bits per heavy atom. The number of amides is 1. The number of aliphatic carboxylic acids is 1. The standard InChI is InChI=1S/C33H37N3O4S/c1-3-5-6-7-8-19-40-27-15-13-24(14-16-27)26-21-34-31(35-22-26)25-11-9-23(10-12-25)20-29(33(38)39)36-32(37)30-18-17-28(4-2)41-30/h9-18,21-22,29H,3-8,19-20H2,1-2H3,(H,36,37)(H,38,39). The molecule has 4 aromatic rings. The number of unbranched alkanes of at least 4 members (excludes halogenated alkanes) is 4. The van der Waals surface area contributed by atoms with Gasteiger partial charge in [-0.2, -0.15) is 0 Å². The second kappa shape index (κ2) is 15.1. The molecule has 1 atom stereocenters. The summed E-state index contributed by atoms with van der Waals surface area (Å²) in [6.07, 6.45) is 10.7. The Morgan fingerprint density at radius 1 is 0.854 bits per heavy atom. The third-order valence-corrected chi connectivity index (χ3v) is 8.07. The molecular formula is C33H37N3O4S. The van der Waals surface area contributed by atoms with Crippen LogP contribution < -0.4 is 10.1 Å². The summed E-state index contributed by atoms with van der Waals surface area (Å²) in [7, 11) is 0. The monoisotopic (exact) mass is 571 g/mol. The highest BCUT2D eigenvalue weighted by Gasteiger charge is 2.22. The van der Waals surface area contributed by atoms with Crippen molar-refractivity contribution in [2.24, 2.45) is 0 Å². The number of carbonyl (C=O) groups excluding carboxylic acids is 1. The summed E-state index contributed by atoms with van der Waals surface area (Å²) in [4.78, 5) is 35.1. The van der Waals surface area contributed by atoms with E-state index in [0.29, 0.717) is 10.7 Å². The lowest BCUT2D eigenvalue weighted by molar-refractivity contribution is -0.139. The number of ether oxygens (including phenoxy) is 1.